The van der Waals surface area contributed by atoms with Crippen molar-refractivity contribution in [3.8, 4) is 16.9 Å². The van der Waals surface area contributed by atoms with Gasteiger partial charge >= 0.3 is 5.97 Å². The minimum absolute atomic E-state index is 0.171. The quantitative estimate of drug-likeness (QED) is 0.697. The van der Waals surface area contributed by atoms with Gasteiger partial charge in [-0.2, -0.15) is 0 Å². The number of carboxylic acid groups (broad SMARTS) is 1. The van der Waals surface area contributed by atoms with Crippen LogP contribution in [0.25, 0.3) is 22.1 Å². The number of benzene rings is 2. The van der Waals surface area contributed by atoms with E-state index in [2.05, 4.69) is 0 Å². The third-order valence-electron chi connectivity index (χ3n) is 4.34. The fourth-order valence-corrected chi connectivity index (χ4v) is 3.39. The first kappa shape index (κ1) is 15.7. The average Bonchev–Trinajstić information content (AvgIpc) is 2.53. The molecule has 0 aliphatic carbocycles. The predicted molar refractivity (Wildman–Crippen MR) is 93.5 cm³/mol. The van der Waals surface area contributed by atoms with Gasteiger partial charge in [0.15, 0.2) is 5.43 Å². The van der Waals surface area contributed by atoms with Crippen molar-refractivity contribution in [3.63, 3.8) is 0 Å². The fourth-order valence-electron chi connectivity index (χ4n) is 3.22. The highest BCUT2D eigenvalue weighted by Gasteiger charge is 2.34. The van der Waals surface area contributed by atoms with Crippen LogP contribution in [0.15, 0.2) is 45.6 Å². The zero-order chi connectivity index (χ0) is 17.9. The second-order valence-corrected chi connectivity index (χ2v) is 6.83. The molecule has 126 valence electrons. The summed E-state index contributed by atoms with van der Waals surface area (Å²) in [5.74, 6) is -1.32. The molecule has 1 N–H and O–H groups in total. The van der Waals surface area contributed by atoms with Crippen molar-refractivity contribution >= 4 is 28.5 Å². The lowest BCUT2D eigenvalue weighted by atomic mass is 9.85. The van der Waals surface area contributed by atoms with Crippen LogP contribution in [0.3, 0.4) is 0 Å². The molecule has 0 spiro atoms. The zero-order valence-electron chi connectivity index (χ0n) is 13.4. The SMILES string of the molecule is CC1(C)Oc2c(ccc3oc(C(=O)O)cc(=O)c23)-c2cc(Cl)ccc21. The molecule has 25 heavy (non-hydrogen) atoms. The molecule has 4 rings (SSSR count). The number of carboxylic acids is 1. The summed E-state index contributed by atoms with van der Waals surface area (Å²) in [5.41, 5.74) is 1.58. The van der Waals surface area contributed by atoms with E-state index in [1.165, 1.54) is 0 Å². The van der Waals surface area contributed by atoms with Gasteiger partial charge in [0, 0.05) is 22.2 Å². The van der Waals surface area contributed by atoms with E-state index in [9.17, 15) is 9.59 Å². The third kappa shape index (κ3) is 2.31. The summed E-state index contributed by atoms with van der Waals surface area (Å²) >= 11 is 6.16. The Bertz CT molecular complexity index is 1110. The maximum Gasteiger partial charge on any atom is 0.371 e. The molecule has 2 heterocycles. The molecular formula is C19H13ClO5. The summed E-state index contributed by atoms with van der Waals surface area (Å²) in [6, 6.07) is 9.82. The lowest BCUT2D eigenvalue weighted by Crippen LogP contribution is -2.30. The highest BCUT2D eigenvalue weighted by molar-refractivity contribution is 6.31. The summed E-state index contributed by atoms with van der Waals surface area (Å²) in [7, 11) is 0. The predicted octanol–water partition coefficient (Wildman–Crippen LogP) is 4.44. The third-order valence-corrected chi connectivity index (χ3v) is 4.57. The van der Waals surface area contributed by atoms with Crippen LogP contribution in [-0.2, 0) is 5.60 Å². The van der Waals surface area contributed by atoms with Gasteiger partial charge in [0.2, 0.25) is 5.76 Å². The molecule has 0 amide bonds. The van der Waals surface area contributed by atoms with Crippen LogP contribution in [0.2, 0.25) is 5.02 Å². The molecule has 6 heteroatoms. The second kappa shape index (κ2) is 5.10. The van der Waals surface area contributed by atoms with Crippen molar-refractivity contribution in [1.82, 2.24) is 0 Å². The van der Waals surface area contributed by atoms with Gasteiger partial charge in [-0.05, 0) is 43.7 Å². The second-order valence-electron chi connectivity index (χ2n) is 6.40. The molecule has 0 saturated heterocycles. The van der Waals surface area contributed by atoms with Crippen LogP contribution in [0, 0.1) is 0 Å². The van der Waals surface area contributed by atoms with Crippen LogP contribution >= 0.6 is 11.6 Å². The molecule has 0 radical (unpaired) electrons. The number of aromatic carboxylic acids is 1. The zero-order valence-corrected chi connectivity index (χ0v) is 14.2. The normalized spacial score (nSPS) is 14.5. The number of hydrogen-bond acceptors (Lipinski definition) is 4. The lowest BCUT2D eigenvalue weighted by molar-refractivity contribution is 0.0662. The number of halogens is 1. The number of ether oxygens (including phenoxy) is 1. The standard InChI is InChI=1S/C19H13ClO5/c1-19(2)12-5-3-9(20)7-11(12)10-4-6-14-16(17(10)25-19)13(21)8-15(24-14)18(22)23/h3-8H,1-2H3,(H,22,23). The van der Waals surface area contributed by atoms with E-state index < -0.39 is 22.8 Å². The number of carbonyl (C=O) groups is 1. The van der Waals surface area contributed by atoms with Gasteiger partial charge in [-0.25, -0.2) is 4.79 Å². The highest BCUT2D eigenvalue weighted by Crippen LogP contribution is 2.48. The van der Waals surface area contributed by atoms with Crippen molar-refractivity contribution < 1.29 is 19.1 Å². The van der Waals surface area contributed by atoms with E-state index in [4.69, 9.17) is 25.9 Å². The molecule has 0 fully saturated rings. The van der Waals surface area contributed by atoms with E-state index in [-0.39, 0.29) is 11.0 Å². The lowest BCUT2D eigenvalue weighted by Gasteiger charge is -2.35. The Labute approximate surface area is 147 Å². The number of rotatable bonds is 1. The molecule has 3 aromatic rings. The van der Waals surface area contributed by atoms with Crippen molar-refractivity contribution in [3.05, 3.63) is 63.0 Å². The van der Waals surface area contributed by atoms with Crippen molar-refractivity contribution in [2.75, 3.05) is 0 Å². The first-order valence-electron chi connectivity index (χ1n) is 7.61. The van der Waals surface area contributed by atoms with E-state index in [1.54, 1.807) is 18.2 Å². The van der Waals surface area contributed by atoms with E-state index in [1.807, 2.05) is 26.0 Å². The molecule has 5 nitrogen and oxygen atoms in total. The summed E-state index contributed by atoms with van der Waals surface area (Å²) < 4.78 is 11.5. The molecule has 0 atom stereocenters. The topological polar surface area (TPSA) is 76.7 Å². The molecule has 0 saturated carbocycles. The van der Waals surface area contributed by atoms with Gasteiger partial charge in [-0.1, -0.05) is 17.7 Å². The summed E-state index contributed by atoms with van der Waals surface area (Å²) in [5, 5.41) is 9.88. The Balaban J connectivity index is 2.11. The maximum absolute atomic E-state index is 12.5. The Kier molecular flexibility index (Phi) is 3.21. The minimum atomic E-state index is -1.30. The molecule has 0 unspecified atom stereocenters. The first-order valence-corrected chi connectivity index (χ1v) is 7.99. The van der Waals surface area contributed by atoms with Gasteiger partial charge in [-0.3, -0.25) is 4.79 Å². The van der Waals surface area contributed by atoms with Crippen molar-refractivity contribution in [2.24, 2.45) is 0 Å². The van der Waals surface area contributed by atoms with Crippen LogP contribution < -0.4 is 10.2 Å². The number of hydrogen-bond donors (Lipinski definition) is 1. The summed E-state index contributed by atoms with van der Waals surface area (Å²) in [6.45, 7) is 3.80. The smallest absolute Gasteiger partial charge is 0.371 e. The Morgan fingerprint density at radius 3 is 2.60 bits per heavy atom. The Hall–Kier alpha value is -2.79. The Morgan fingerprint density at radius 2 is 1.88 bits per heavy atom. The Morgan fingerprint density at radius 1 is 1.12 bits per heavy atom. The van der Waals surface area contributed by atoms with Crippen LogP contribution in [-0.4, -0.2) is 11.1 Å². The van der Waals surface area contributed by atoms with Gasteiger partial charge < -0.3 is 14.3 Å². The monoisotopic (exact) mass is 356 g/mol. The molecular weight excluding hydrogens is 344 g/mol. The van der Waals surface area contributed by atoms with Gasteiger partial charge in [0.25, 0.3) is 0 Å². The van der Waals surface area contributed by atoms with Gasteiger partial charge in [0.1, 0.15) is 22.3 Å². The van der Waals surface area contributed by atoms with Crippen LogP contribution in [0.1, 0.15) is 30.0 Å². The van der Waals surface area contributed by atoms with Crippen molar-refractivity contribution in [2.45, 2.75) is 19.4 Å². The number of fused-ring (bicyclic) bond motifs is 5. The van der Waals surface area contributed by atoms with Gasteiger partial charge in [0.05, 0.1) is 0 Å². The highest BCUT2D eigenvalue weighted by atomic mass is 35.5. The van der Waals surface area contributed by atoms with Crippen LogP contribution in [0.4, 0.5) is 0 Å². The van der Waals surface area contributed by atoms with Crippen molar-refractivity contribution in [1.29, 1.82) is 0 Å². The molecule has 1 aliphatic rings. The first-order chi connectivity index (χ1) is 11.8. The van der Waals surface area contributed by atoms with E-state index in [0.29, 0.717) is 10.8 Å². The van der Waals surface area contributed by atoms with Crippen LogP contribution in [0.5, 0.6) is 5.75 Å². The average molecular weight is 357 g/mol. The molecule has 1 aliphatic heterocycles. The summed E-state index contributed by atoms with van der Waals surface area (Å²) in [6.07, 6.45) is 0. The molecule has 2 aromatic carbocycles. The molecule has 0 bridgehead atoms. The summed E-state index contributed by atoms with van der Waals surface area (Å²) in [4.78, 5) is 23.6. The fraction of sp³-hybridized carbons (Fsp3) is 0.158. The van der Waals surface area contributed by atoms with E-state index in [0.717, 1.165) is 22.8 Å². The van der Waals surface area contributed by atoms with E-state index >= 15 is 0 Å². The minimum Gasteiger partial charge on any atom is -0.482 e. The van der Waals surface area contributed by atoms with Gasteiger partial charge in [-0.15, -0.1) is 0 Å². The molecule has 1 aromatic heterocycles. The maximum atomic E-state index is 12.5. The largest absolute Gasteiger partial charge is 0.482 e.